The Bertz CT molecular complexity index is 542. The number of nitrogens with zero attached hydrogens (tertiary/aromatic N) is 1. The molecule has 0 atom stereocenters. The molecule has 1 aromatic rings. The van der Waals surface area contributed by atoms with Crippen molar-refractivity contribution in [3.63, 3.8) is 0 Å². The van der Waals surface area contributed by atoms with E-state index in [1.807, 2.05) is 0 Å². The molecule has 0 bridgehead atoms. The molecule has 0 radical (unpaired) electrons. The Hall–Kier alpha value is -2.02. The third kappa shape index (κ3) is 3.11. The monoisotopic (exact) mass is 281 g/mol. The number of nitrogens with two attached hydrogens (primary N) is 1. The molecule has 20 heavy (non-hydrogen) atoms. The second-order valence-corrected chi connectivity index (χ2v) is 5.19. The molecule has 6 nitrogen and oxygen atoms in total. The van der Waals surface area contributed by atoms with Crippen molar-refractivity contribution < 1.29 is 14.1 Å². The topological polar surface area (TPSA) is 98.3 Å². The van der Waals surface area contributed by atoms with Crippen molar-refractivity contribution in [2.45, 2.75) is 37.6 Å². The molecule has 1 amide bonds. The Morgan fingerprint density at radius 3 is 2.70 bits per heavy atom. The van der Waals surface area contributed by atoms with Gasteiger partial charge in [0.1, 0.15) is 0 Å². The Kier molecular flexibility index (Phi) is 3.99. The highest BCUT2D eigenvalue weighted by molar-refractivity contribution is 5.93. The summed E-state index contributed by atoms with van der Waals surface area (Å²) in [6.07, 6.45) is 3.44. The Balaban J connectivity index is 2.13. The first kappa shape index (κ1) is 14.4. The van der Waals surface area contributed by atoms with E-state index in [-0.39, 0.29) is 6.42 Å². The molecule has 1 fully saturated rings. The second kappa shape index (κ2) is 5.54. The van der Waals surface area contributed by atoms with Gasteiger partial charge in [0.05, 0.1) is 4.92 Å². The van der Waals surface area contributed by atoms with E-state index in [0.29, 0.717) is 0 Å². The minimum absolute atomic E-state index is 0.0402. The van der Waals surface area contributed by atoms with Crippen LogP contribution in [0.5, 0.6) is 0 Å². The molecule has 3 N–H and O–H groups in total. The van der Waals surface area contributed by atoms with Gasteiger partial charge in [-0.05, 0) is 18.9 Å². The fourth-order valence-electron chi connectivity index (χ4n) is 2.55. The minimum atomic E-state index is -0.829. The summed E-state index contributed by atoms with van der Waals surface area (Å²) >= 11 is 0. The van der Waals surface area contributed by atoms with Crippen LogP contribution >= 0.6 is 0 Å². The highest BCUT2D eigenvalue weighted by Gasteiger charge is 2.32. The molecular formula is C13H16FN3O3. The van der Waals surface area contributed by atoms with Crippen molar-refractivity contribution in [1.82, 2.24) is 0 Å². The molecule has 0 unspecified atom stereocenters. The minimum Gasteiger partial charge on any atom is -0.325 e. The van der Waals surface area contributed by atoms with Crippen LogP contribution in [0, 0.1) is 15.9 Å². The number of carbonyl (C=O) groups is 1. The first-order valence-corrected chi connectivity index (χ1v) is 6.43. The van der Waals surface area contributed by atoms with Crippen LogP contribution in [0.1, 0.15) is 32.1 Å². The Morgan fingerprint density at radius 1 is 1.45 bits per heavy atom. The zero-order valence-electron chi connectivity index (χ0n) is 10.9. The van der Waals surface area contributed by atoms with E-state index in [0.717, 1.165) is 37.8 Å². The van der Waals surface area contributed by atoms with Gasteiger partial charge in [-0.25, -0.2) is 4.39 Å². The zero-order valence-corrected chi connectivity index (χ0v) is 10.9. The summed E-state index contributed by atoms with van der Waals surface area (Å²) in [6, 6.07) is 3.44. The molecule has 0 aliphatic heterocycles. The van der Waals surface area contributed by atoms with Gasteiger partial charge in [-0.3, -0.25) is 14.9 Å². The fourth-order valence-corrected chi connectivity index (χ4v) is 2.55. The van der Waals surface area contributed by atoms with Gasteiger partial charge in [-0.1, -0.05) is 18.9 Å². The summed E-state index contributed by atoms with van der Waals surface area (Å²) in [5, 5.41) is 13.1. The lowest BCUT2D eigenvalue weighted by Crippen LogP contribution is -2.40. The summed E-state index contributed by atoms with van der Waals surface area (Å²) in [5.41, 5.74) is 4.62. The molecule has 0 saturated heterocycles. The van der Waals surface area contributed by atoms with Crippen LogP contribution in [0.15, 0.2) is 18.2 Å². The molecule has 1 saturated carbocycles. The standard InChI is InChI=1S/C13H16FN3O3/c14-9-4-3-5-10(17(19)20)12(9)16-11(18)8-13(15)6-1-2-7-13/h3-5H,1-2,6-8,15H2,(H,16,18). The maximum Gasteiger partial charge on any atom is 0.295 e. The van der Waals surface area contributed by atoms with Crippen molar-refractivity contribution in [2.75, 3.05) is 5.32 Å². The van der Waals surface area contributed by atoms with Crippen LogP contribution in [0.25, 0.3) is 0 Å². The summed E-state index contributed by atoms with van der Waals surface area (Å²) < 4.78 is 13.6. The van der Waals surface area contributed by atoms with Crippen LogP contribution in [-0.4, -0.2) is 16.4 Å². The van der Waals surface area contributed by atoms with Gasteiger partial charge >= 0.3 is 0 Å². The van der Waals surface area contributed by atoms with Crippen molar-refractivity contribution in [2.24, 2.45) is 5.73 Å². The number of benzene rings is 1. The van der Waals surface area contributed by atoms with E-state index in [1.54, 1.807) is 0 Å². The van der Waals surface area contributed by atoms with E-state index >= 15 is 0 Å². The summed E-state index contributed by atoms with van der Waals surface area (Å²) in [5.74, 6) is -1.33. The first-order chi connectivity index (χ1) is 9.41. The highest BCUT2D eigenvalue weighted by atomic mass is 19.1. The van der Waals surface area contributed by atoms with E-state index in [4.69, 9.17) is 5.73 Å². The van der Waals surface area contributed by atoms with Gasteiger partial charge in [0, 0.05) is 18.0 Å². The summed E-state index contributed by atoms with van der Waals surface area (Å²) in [6.45, 7) is 0. The molecule has 2 rings (SSSR count). The van der Waals surface area contributed by atoms with Gasteiger partial charge < -0.3 is 11.1 Å². The third-order valence-corrected chi connectivity index (χ3v) is 3.56. The first-order valence-electron chi connectivity index (χ1n) is 6.43. The van der Waals surface area contributed by atoms with Crippen LogP contribution in [0.3, 0.4) is 0 Å². The SMILES string of the molecule is NC1(CC(=O)Nc2c(F)cccc2[N+](=O)[O-])CCCC1. The van der Waals surface area contributed by atoms with Gasteiger partial charge in [0.2, 0.25) is 5.91 Å². The molecule has 0 spiro atoms. The molecule has 1 aliphatic rings. The smallest absolute Gasteiger partial charge is 0.295 e. The predicted molar refractivity (Wildman–Crippen MR) is 71.7 cm³/mol. The molecule has 0 aromatic heterocycles. The fraction of sp³-hybridized carbons (Fsp3) is 0.462. The number of rotatable bonds is 4. The third-order valence-electron chi connectivity index (χ3n) is 3.56. The number of nitro groups is 1. The van der Waals surface area contributed by atoms with Crippen molar-refractivity contribution in [3.05, 3.63) is 34.1 Å². The zero-order chi connectivity index (χ0) is 14.8. The maximum atomic E-state index is 13.6. The number of hydrogen-bond acceptors (Lipinski definition) is 4. The summed E-state index contributed by atoms with van der Waals surface area (Å²) in [7, 11) is 0. The number of nitro benzene ring substituents is 1. The van der Waals surface area contributed by atoms with Crippen molar-refractivity contribution in [3.8, 4) is 0 Å². The molecule has 1 aromatic carbocycles. The Labute approximate surface area is 115 Å². The quantitative estimate of drug-likeness (QED) is 0.653. The van der Waals surface area contributed by atoms with Crippen LogP contribution in [0.4, 0.5) is 15.8 Å². The van der Waals surface area contributed by atoms with Gasteiger partial charge in [0.25, 0.3) is 5.69 Å². The predicted octanol–water partition coefficient (Wildman–Crippen LogP) is 2.33. The molecule has 1 aliphatic carbocycles. The number of amides is 1. The van der Waals surface area contributed by atoms with Gasteiger partial charge in [-0.15, -0.1) is 0 Å². The van der Waals surface area contributed by atoms with Crippen LogP contribution in [-0.2, 0) is 4.79 Å². The van der Waals surface area contributed by atoms with Gasteiger partial charge in [0.15, 0.2) is 11.5 Å². The number of hydrogen-bond donors (Lipinski definition) is 2. The largest absolute Gasteiger partial charge is 0.325 e. The molecule has 108 valence electrons. The number of halogens is 1. The lowest BCUT2D eigenvalue weighted by Gasteiger charge is -2.22. The summed E-state index contributed by atoms with van der Waals surface area (Å²) in [4.78, 5) is 22.0. The number of para-hydroxylation sites is 1. The van der Waals surface area contributed by atoms with E-state index in [2.05, 4.69) is 5.32 Å². The van der Waals surface area contributed by atoms with Crippen LogP contribution < -0.4 is 11.1 Å². The average Bonchev–Trinajstić information content (AvgIpc) is 2.77. The lowest BCUT2D eigenvalue weighted by atomic mass is 9.94. The number of nitrogens with one attached hydrogen (secondary N) is 1. The normalized spacial score (nSPS) is 16.9. The number of carbonyl (C=O) groups excluding carboxylic acids is 1. The number of anilines is 1. The van der Waals surface area contributed by atoms with Crippen LogP contribution in [0.2, 0.25) is 0 Å². The van der Waals surface area contributed by atoms with E-state index < -0.39 is 33.6 Å². The van der Waals surface area contributed by atoms with Crippen molar-refractivity contribution in [1.29, 1.82) is 0 Å². The molecular weight excluding hydrogens is 265 g/mol. The molecule has 7 heteroatoms. The lowest BCUT2D eigenvalue weighted by molar-refractivity contribution is -0.384. The maximum absolute atomic E-state index is 13.6. The average molecular weight is 281 g/mol. The molecule has 0 heterocycles. The van der Waals surface area contributed by atoms with E-state index in [1.165, 1.54) is 6.07 Å². The van der Waals surface area contributed by atoms with Gasteiger partial charge in [-0.2, -0.15) is 0 Å². The Morgan fingerprint density at radius 2 is 2.10 bits per heavy atom. The van der Waals surface area contributed by atoms with E-state index in [9.17, 15) is 19.3 Å². The highest BCUT2D eigenvalue weighted by Crippen LogP contribution is 2.32. The van der Waals surface area contributed by atoms with Crippen molar-refractivity contribution >= 4 is 17.3 Å². The second-order valence-electron chi connectivity index (χ2n) is 5.19.